The average molecular weight is 266 g/mol. The Morgan fingerprint density at radius 1 is 1.16 bits per heavy atom. The number of allylic oxidation sites excluding steroid dienone is 4. The lowest BCUT2D eigenvalue weighted by molar-refractivity contribution is 0.0856. The Kier molecular flexibility index (Phi) is 11.6. The molecule has 0 aromatic heterocycles. The molecule has 0 saturated carbocycles. The van der Waals surface area contributed by atoms with Gasteiger partial charge in [0, 0.05) is 0 Å². The SMILES string of the molecule is CCC(C)OCC=CC/C=C\CC/C(C)=C/C(C)O. The highest BCUT2D eigenvalue weighted by Gasteiger charge is 1.94. The Bertz CT molecular complexity index is 288. The van der Waals surface area contributed by atoms with Crippen molar-refractivity contribution in [3.8, 4) is 0 Å². The molecular weight excluding hydrogens is 236 g/mol. The molecule has 2 heteroatoms. The first-order chi connectivity index (χ1) is 9.06. The third-order valence-corrected chi connectivity index (χ3v) is 2.89. The summed E-state index contributed by atoms with van der Waals surface area (Å²) in [6.45, 7) is 8.78. The van der Waals surface area contributed by atoms with Gasteiger partial charge in [0.25, 0.3) is 0 Å². The van der Waals surface area contributed by atoms with Gasteiger partial charge in [-0.1, -0.05) is 42.9 Å². The van der Waals surface area contributed by atoms with Crippen molar-refractivity contribution in [3.63, 3.8) is 0 Å². The second kappa shape index (κ2) is 12.2. The van der Waals surface area contributed by atoms with Crippen LogP contribution < -0.4 is 0 Å². The fraction of sp³-hybridized carbons (Fsp3) is 0.647. The highest BCUT2D eigenvalue weighted by Crippen LogP contribution is 2.06. The summed E-state index contributed by atoms with van der Waals surface area (Å²) in [6, 6.07) is 0. The molecule has 0 bridgehead atoms. The Labute approximate surface area is 118 Å². The quantitative estimate of drug-likeness (QED) is 0.593. The maximum atomic E-state index is 9.19. The summed E-state index contributed by atoms with van der Waals surface area (Å²) in [6.07, 6.45) is 14.6. The molecule has 0 aromatic carbocycles. The van der Waals surface area contributed by atoms with Gasteiger partial charge in [-0.25, -0.2) is 0 Å². The summed E-state index contributed by atoms with van der Waals surface area (Å²) in [4.78, 5) is 0. The van der Waals surface area contributed by atoms with Crippen LogP contribution >= 0.6 is 0 Å². The number of ether oxygens (including phenoxy) is 1. The van der Waals surface area contributed by atoms with Crippen LogP contribution in [0, 0.1) is 0 Å². The molecular formula is C17H30O2. The minimum Gasteiger partial charge on any atom is -0.389 e. The lowest BCUT2D eigenvalue weighted by atomic mass is 10.1. The highest BCUT2D eigenvalue weighted by molar-refractivity contribution is 5.03. The smallest absolute Gasteiger partial charge is 0.0695 e. The minimum absolute atomic E-state index is 0.336. The van der Waals surface area contributed by atoms with E-state index in [0.29, 0.717) is 12.7 Å². The third kappa shape index (κ3) is 13.4. The molecule has 2 atom stereocenters. The van der Waals surface area contributed by atoms with Gasteiger partial charge in [-0.05, 0) is 46.5 Å². The van der Waals surface area contributed by atoms with E-state index in [-0.39, 0.29) is 6.10 Å². The zero-order chi connectivity index (χ0) is 14.5. The van der Waals surface area contributed by atoms with Crippen LogP contribution in [0.25, 0.3) is 0 Å². The molecule has 0 fully saturated rings. The van der Waals surface area contributed by atoms with E-state index >= 15 is 0 Å². The van der Waals surface area contributed by atoms with Crippen molar-refractivity contribution in [1.82, 2.24) is 0 Å². The number of hydrogen-bond acceptors (Lipinski definition) is 2. The van der Waals surface area contributed by atoms with Crippen LogP contribution in [0.1, 0.15) is 53.4 Å². The van der Waals surface area contributed by atoms with E-state index in [1.807, 2.05) is 6.08 Å². The topological polar surface area (TPSA) is 29.5 Å². The Morgan fingerprint density at radius 3 is 2.47 bits per heavy atom. The molecule has 0 saturated heterocycles. The molecule has 19 heavy (non-hydrogen) atoms. The first kappa shape index (κ1) is 18.1. The molecule has 0 aromatic rings. The summed E-state index contributed by atoms with van der Waals surface area (Å²) in [5.74, 6) is 0. The van der Waals surface area contributed by atoms with Crippen molar-refractivity contribution in [2.45, 2.75) is 65.6 Å². The standard InChI is InChI=1S/C17H30O2/c1-5-17(4)19-13-11-9-7-6-8-10-12-15(2)14-16(3)18/h6,8-9,11,14,16-18H,5,7,10,12-13H2,1-4H3/b8-6-,11-9?,15-14+. The number of aliphatic hydroxyl groups excluding tert-OH is 1. The van der Waals surface area contributed by atoms with Gasteiger partial charge in [-0.15, -0.1) is 0 Å². The predicted octanol–water partition coefficient (Wildman–Crippen LogP) is 4.41. The van der Waals surface area contributed by atoms with Gasteiger partial charge in [0.15, 0.2) is 0 Å². The van der Waals surface area contributed by atoms with Crippen LogP contribution in [-0.2, 0) is 4.74 Å². The van der Waals surface area contributed by atoms with E-state index in [0.717, 1.165) is 25.7 Å². The van der Waals surface area contributed by atoms with E-state index in [1.54, 1.807) is 6.92 Å². The number of aliphatic hydroxyl groups is 1. The summed E-state index contributed by atoms with van der Waals surface area (Å²) >= 11 is 0. The Hall–Kier alpha value is -0.860. The van der Waals surface area contributed by atoms with E-state index in [2.05, 4.69) is 45.1 Å². The highest BCUT2D eigenvalue weighted by atomic mass is 16.5. The average Bonchev–Trinajstić information content (AvgIpc) is 2.35. The van der Waals surface area contributed by atoms with Crippen LogP contribution in [0.5, 0.6) is 0 Å². The molecule has 0 heterocycles. The summed E-state index contributed by atoms with van der Waals surface area (Å²) in [7, 11) is 0. The lowest BCUT2D eigenvalue weighted by Crippen LogP contribution is -2.05. The van der Waals surface area contributed by atoms with Crippen LogP contribution in [0.15, 0.2) is 36.0 Å². The van der Waals surface area contributed by atoms with Crippen molar-refractivity contribution in [2.24, 2.45) is 0 Å². The first-order valence-electron chi connectivity index (χ1n) is 7.33. The molecule has 0 aliphatic carbocycles. The van der Waals surface area contributed by atoms with Gasteiger partial charge in [0.05, 0.1) is 18.8 Å². The molecule has 1 N–H and O–H groups in total. The lowest BCUT2D eigenvalue weighted by Gasteiger charge is -2.06. The summed E-state index contributed by atoms with van der Waals surface area (Å²) < 4.78 is 5.55. The summed E-state index contributed by atoms with van der Waals surface area (Å²) in [5, 5.41) is 9.19. The Morgan fingerprint density at radius 2 is 1.84 bits per heavy atom. The van der Waals surface area contributed by atoms with Crippen LogP contribution in [0.3, 0.4) is 0 Å². The van der Waals surface area contributed by atoms with Gasteiger partial charge in [0.2, 0.25) is 0 Å². The molecule has 110 valence electrons. The van der Waals surface area contributed by atoms with Gasteiger partial charge < -0.3 is 9.84 Å². The van der Waals surface area contributed by atoms with E-state index < -0.39 is 0 Å². The molecule has 0 aliphatic rings. The summed E-state index contributed by atoms with van der Waals surface area (Å²) in [5.41, 5.74) is 1.25. The van der Waals surface area contributed by atoms with Crippen molar-refractivity contribution in [1.29, 1.82) is 0 Å². The molecule has 0 radical (unpaired) electrons. The van der Waals surface area contributed by atoms with Crippen molar-refractivity contribution < 1.29 is 9.84 Å². The fourth-order valence-corrected chi connectivity index (χ4v) is 1.60. The van der Waals surface area contributed by atoms with Gasteiger partial charge >= 0.3 is 0 Å². The monoisotopic (exact) mass is 266 g/mol. The second-order valence-corrected chi connectivity index (χ2v) is 5.02. The largest absolute Gasteiger partial charge is 0.389 e. The van der Waals surface area contributed by atoms with Crippen LogP contribution in [0.2, 0.25) is 0 Å². The minimum atomic E-state index is -0.336. The van der Waals surface area contributed by atoms with E-state index in [4.69, 9.17) is 4.74 Å². The first-order valence-corrected chi connectivity index (χ1v) is 7.33. The number of rotatable bonds is 10. The molecule has 0 aliphatic heterocycles. The normalized spacial score (nSPS) is 16.4. The predicted molar refractivity (Wildman–Crippen MR) is 83.3 cm³/mol. The molecule has 0 rings (SSSR count). The number of hydrogen-bond donors (Lipinski definition) is 1. The van der Waals surface area contributed by atoms with Gasteiger partial charge in [-0.3, -0.25) is 0 Å². The maximum absolute atomic E-state index is 9.19. The van der Waals surface area contributed by atoms with Crippen molar-refractivity contribution in [3.05, 3.63) is 36.0 Å². The molecule has 2 unspecified atom stereocenters. The Balaban J connectivity index is 3.56. The third-order valence-electron chi connectivity index (χ3n) is 2.89. The van der Waals surface area contributed by atoms with Crippen molar-refractivity contribution >= 4 is 0 Å². The van der Waals surface area contributed by atoms with Gasteiger partial charge in [-0.2, -0.15) is 0 Å². The fourth-order valence-electron chi connectivity index (χ4n) is 1.60. The van der Waals surface area contributed by atoms with Crippen LogP contribution in [-0.4, -0.2) is 23.9 Å². The molecule has 0 amide bonds. The van der Waals surface area contributed by atoms with Crippen molar-refractivity contribution in [2.75, 3.05) is 6.61 Å². The second-order valence-electron chi connectivity index (χ2n) is 5.02. The zero-order valence-electron chi connectivity index (χ0n) is 12.9. The maximum Gasteiger partial charge on any atom is 0.0695 e. The van der Waals surface area contributed by atoms with Crippen LogP contribution in [0.4, 0.5) is 0 Å². The molecule has 0 spiro atoms. The molecule has 2 nitrogen and oxygen atoms in total. The van der Waals surface area contributed by atoms with Gasteiger partial charge in [0.1, 0.15) is 0 Å². The zero-order valence-corrected chi connectivity index (χ0v) is 12.9. The van der Waals surface area contributed by atoms with E-state index in [1.165, 1.54) is 5.57 Å². The van der Waals surface area contributed by atoms with E-state index in [9.17, 15) is 5.11 Å².